The van der Waals surface area contributed by atoms with Crippen molar-refractivity contribution in [1.82, 2.24) is 20.2 Å². The molecule has 2 aromatic heterocycles. The third kappa shape index (κ3) is 6.43. The number of phenolic OH excluding ortho intramolecular Hbond substituents is 1. The van der Waals surface area contributed by atoms with E-state index in [4.69, 9.17) is 15.7 Å². The lowest BCUT2D eigenvalue weighted by Crippen LogP contribution is -2.22. The molecule has 9 heteroatoms. The number of anilines is 2. The zero-order valence-electron chi connectivity index (χ0n) is 18.5. The van der Waals surface area contributed by atoms with E-state index in [1.54, 1.807) is 18.2 Å². The van der Waals surface area contributed by atoms with Crippen molar-refractivity contribution in [1.29, 1.82) is 5.26 Å². The van der Waals surface area contributed by atoms with Crippen molar-refractivity contribution in [3.63, 3.8) is 0 Å². The first kappa shape index (κ1) is 22.6. The van der Waals surface area contributed by atoms with Crippen LogP contribution in [0.1, 0.15) is 50.6 Å². The predicted molar refractivity (Wildman–Crippen MR) is 125 cm³/mol. The standard InChI is InChI=1S/C18H16N6O2.C6H13N/c19-7-12-8-21-17(9-20-12)22-16-6-13(23-24-16)18-14(25)2-1-3-15(18)26-10-11-4-5-11;7-6-4-2-1-3-5-6/h1-3,6,8-9,11,25H,4-5,10H2,(H2,21,22,23,24);6H,1-5,7H2. The number of nitriles is 1. The summed E-state index contributed by atoms with van der Waals surface area (Å²) < 4.78 is 5.87. The number of rotatable bonds is 6. The maximum Gasteiger partial charge on any atom is 0.158 e. The lowest BCUT2D eigenvalue weighted by atomic mass is 9.97. The van der Waals surface area contributed by atoms with Crippen LogP contribution in [-0.2, 0) is 0 Å². The first-order chi connectivity index (χ1) is 16.1. The van der Waals surface area contributed by atoms with E-state index in [1.807, 2.05) is 12.1 Å². The van der Waals surface area contributed by atoms with Crippen molar-refractivity contribution >= 4 is 11.6 Å². The van der Waals surface area contributed by atoms with Crippen molar-refractivity contribution in [2.45, 2.75) is 51.0 Å². The van der Waals surface area contributed by atoms with E-state index in [0.717, 1.165) is 0 Å². The number of hydrogen-bond donors (Lipinski definition) is 4. The number of aromatic nitrogens is 4. The van der Waals surface area contributed by atoms with Gasteiger partial charge in [0, 0.05) is 12.1 Å². The molecule has 0 atom stereocenters. The van der Waals surface area contributed by atoms with E-state index >= 15 is 0 Å². The monoisotopic (exact) mass is 447 g/mol. The lowest BCUT2D eigenvalue weighted by molar-refractivity contribution is 0.299. The third-order valence-electron chi connectivity index (χ3n) is 5.70. The largest absolute Gasteiger partial charge is 0.507 e. The van der Waals surface area contributed by atoms with E-state index in [9.17, 15) is 5.11 Å². The Labute approximate surface area is 193 Å². The molecule has 0 aliphatic heterocycles. The maximum atomic E-state index is 10.3. The van der Waals surface area contributed by atoms with Crippen LogP contribution in [0.5, 0.6) is 11.5 Å². The van der Waals surface area contributed by atoms with Crippen LogP contribution in [0.25, 0.3) is 11.3 Å². The van der Waals surface area contributed by atoms with Gasteiger partial charge in [0.2, 0.25) is 0 Å². The van der Waals surface area contributed by atoms with Crippen LogP contribution in [-0.4, -0.2) is 37.9 Å². The molecule has 2 aliphatic rings. The second kappa shape index (κ2) is 10.8. The molecule has 0 amide bonds. The van der Waals surface area contributed by atoms with Gasteiger partial charge in [-0.05, 0) is 43.7 Å². The number of phenols is 1. The summed E-state index contributed by atoms with van der Waals surface area (Å²) in [6, 6.07) is 9.39. The minimum absolute atomic E-state index is 0.117. The Kier molecular flexibility index (Phi) is 7.37. The number of aromatic amines is 1. The van der Waals surface area contributed by atoms with E-state index in [2.05, 4.69) is 25.5 Å². The first-order valence-electron chi connectivity index (χ1n) is 11.4. The Morgan fingerprint density at radius 3 is 2.58 bits per heavy atom. The molecule has 0 unspecified atom stereocenters. The smallest absolute Gasteiger partial charge is 0.158 e. The van der Waals surface area contributed by atoms with Crippen molar-refractivity contribution < 1.29 is 9.84 Å². The van der Waals surface area contributed by atoms with Gasteiger partial charge in [0.05, 0.1) is 30.3 Å². The molecule has 2 fully saturated rings. The quantitative estimate of drug-likeness (QED) is 0.438. The Morgan fingerprint density at radius 2 is 1.94 bits per heavy atom. The highest BCUT2D eigenvalue weighted by Crippen LogP contribution is 2.39. The molecule has 172 valence electrons. The van der Waals surface area contributed by atoms with Crippen LogP contribution in [0.4, 0.5) is 11.6 Å². The van der Waals surface area contributed by atoms with Crippen LogP contribution in [0.3, 0.4) is 0 Å². The van der Waals surface area contributed by atoms with Gasteiger partial charge in [-0.25, -0.2) is 9.97 Å². The average molecular weight is 448 g/mol. The van der Waals surface area contributed by atoms with Crippen LogP contribution >= 0.6 is 0 Å². The van der Waals surface area contributed by atoms with Gasteiger partial charge in [-0.2, -0.15) is 10.4 Å². The molecule has 2 saturated carbocycles. The van der Waals surface area contributed by atoms with Crippen LogP contribution in [0.15, 0.2) is 36.7 Å². The van der Waals surface area contributed by atoms with E-state index < -0.39 is 0 Å². The molecule has 2 aliphatic carbocycles. The molecule has 2 heterocycles. The SMILES string of the molecule is N#Cc1cnc(Nc2cc(-c3c(O)cccc3OCC3CC3)[nH]n2)cn1.NC1CCCCC1. The van der Waals surface area contributed by atoms with E-state index in [1.165, 1.54) is 57.3 Å². The molecule has 1 aromatic carbocycles. The summed E-state index contributed by atoms with van der Waals surface area (Å²) in [5, 5.41) is 29.1. The summed E-state index contributed by atoms with van der Waals surface area (Å²) in [6.45, 7) is 0.649. The highest BCUT2D eigenvalue weighted by Gasteiger charge is 2.23. The molecular weight excluding hydrogens is 418 g/mol. The zero-order valence-corrected chi connectivity index (χ0v) is 18.5. The number of aromatic hydroxyl groups is 1. The van der Waals surface area contributed by atoms with Gasteiger partial charge in [0.15, 0.2) is 11.5 Å². The number of hydrogen-bond acceptors (Lipinski definition) is 8. The number of benzene rings is 1. The van der Waals surface area contributed by atoms with Crippen molar-refractivity contribution in [3.05, 3.63) is 42.4 Å². The molecule has 5 rings (SSSR count). The molecule has 0 bridgehead atoms. The molecule has 9 nitrogen and oxygen atoms in total. The number of nitrogens with zero attached hydrogens (tertiary/aromatic N) is 4. The fraction of sp³-hybridized carbons (Fsp3) is 0.417. The summed E-state index contributed by atoms with van der Waals surface area (Å²) in [5.41, 5.74) is 7.07. The molecular formula is C24H29N7O2. The third-order valence-corrected chi connectivity index (χ3v) is 5.70. The van der Waals surface area contributed by atoms with Crippen molar-refractivity contribution in [2.24, 2.45) is 11.7 Å². The molecule has 0 radical (unpaired) electrons. The molecule has 5 N–H and O–H groups in total. The second-order valence-electron chi connectivity index (χ2n) is 8.49. The molecule has 0 saturated heterocycles. The predicted octanol–water partition coefficient (Wildman–Crippen LogP) is 4.25. The Balaban J connectivity index is 0.000000318. The first-order valence-corrected chi connectivity index (χ1v) is 11.4. The Hall–Kier alpha value is -3.64. The lowest BCUT2D eigenvalue weighted by Gasteiger charge is -2.15. The highest BCUT2D eigenvalue weighted by molar-refractivity contribution is 5.76. The van der Waals surface area contributed by atoms with Gasteiger partial charge in [-0.3, -0.25) is 5.10 Å². The van der Waals surface area contributed by atoms with Gasteiger partial charge in [-0.1, -0.05) is 25.3 Å². The number of H-pyrrole nitrogens is 1. The fourth-order valence-corrected chi connectivity index (χ4v) is 3.63. The normalized spacial score (nSPS) is 15.8. The van der Waals surface area contributed by atoms with E-state index in [0.29, 0.717) is 47.2 Å². The summed E-state index contributed by atoms with van der Waals surface area (Å²) in [7, 11) is 0. The van der Waals surface area contributed by atoms with Crippen molar-refractivity contribution in [3.8, 4) is 28.8 Å². The van der Waals surface area contributed by atoms with Gasteiger partial charge < -0.3 is 20.9 Å². The van der Waals surface area contributed by atoms with Gasteiger partial charge >= 0.3 is 0 Å². The number of nitrogens with two attached hydrogens (primary N) is 1. The summed E-state index contributed by atoms with van der Waals surface area (Å²) in [4.78, 5) is 8.04. The summed E-state index contributed by atoms with van der Waals surface area (Å²) in [5.74, 6) is 2.32. The van der Waals surface area contributed by atoms with Crippen LogP contribution < -0.4 is 15.8 Å². The fourth-order valence-electron chi connectivity index (χ4n) is 3.63. The Morgan fingerprint density at radius 1 is 1.12 bits per heavy atom. The highest BCUT2D eigenvalue weighted by atomic mass is 16.5. The van der Waals surface area contributed by atoms with Gasteiger partial charge in [0.25, 0.3) is 0 Å². The van der Waals surface area contributed by atoms with Gasteiger partial charge in [0.1, 0.15) is 23.4 Å². The zero-order chi connectivity index (χ0) is 23.0. The average Bonchev–Trinajstić information content (AvgIpc) is 3.56. The second-order valence-corrected chi connectivity index (χ2v) is 8.49. The van der Waals surface area contributed by atoms with Crippen LogP contribution in [0, 0.1) is 17.2 Å². The topological polar surface area (TPSA) is 146 Å². The molecule has 33 heavy (non-hydrogen) atoms. The minimum Gasteiger partial charge on any atom is -0.507 e. The van der Waals surface area contributed by atoms with Gasteiger partial charge in [-0.15, -0.1) is 0 Å². The van der Waals surface area contributed by atoms with Crippen LogP contribution in [0.2, 0.25) is 0 Å². The molecule has 3 aromatic rings. The number of ether oxygens (including phenoxy) is 1. The maximum absolute atomic E-state index is 10.3. The number of nitrogens with one attached hydrogen (secondary N) is 2. The molecule has 0 spiro atoms. The summed E-state index contributed by atoms with van der Waals surface area (Å²) in [6.07, 6.45) is 11.9. The Bertz CT molecular complexity index is 1080. The van der Waals surface area contributed by atoms with E-state index in [-0.39, 0.29) is 11.4 Å². The van der Waals surface area contributed by atoms with Crippen molar-refractivity contribution in [2.75, 3.05) is 11.9 Å². The summed E-state index contributed by atoms with van der Waals surface area (Å²) >= 11 is 0. The minimum atomic E-state index is 0.117.